The minimum Gasteiger partial charge on any atom is -0.443 e. The molecule has 0 saturated heterocycles. The third-order valence-electron chi connectivity index (χ3n) is 3.25. The Morgan fingerprint density at radius 1 is 0.750 bits per heavy atom. The predicted octanol–water partition coefficient (Wildman–Crippen LogP) is 5.82. The van der Waals surface area contributed by atoms with Crippen molar-refractivity contribution in [3.8, 4) is 11.5 Å². The summed E-state index contributed by atoms with van der Waals surface area (Å²) in [6.07, 6.45) is 6.22. The highest BCUT2D eigenvalue weighted by molar-refractivity contribution is 7.58. The monoisotopic (exact) mass is 418 g/mol. The Morgan fingerprint density at radius 2 is 1.14 bits per heavy atom. The van der Waals surface area contributed by atoms with Gasteiger partial charge >= 0.3 is 0 Å². The van der Waals surface area contributed by atoms with Gasteiger partial charge in [0.25, 0.3) is 0 Å². The third-order valence-corrected chi connectivity index (χ3v) is 4.55. The molecule has 0 atom stereocenters. The van der Waals surface area contributed by atoms with E-state index in [1.807, 2.05) is 12.1 Å². The number of hydrogen-bond acceptors (Lipinski definition) is 5. The molecule has 28 heavy (non-hydrogen) atoms. The molecule has 0 aromatic heterocycles. The molecule has 0 amide bonds. The molecule has 2 aromatic carbocycles. The van der Waals surface area contributed by atoms with Crippen LogP contribution in [0, 0.1) is 0 Å². The van der Waals surface area contributed by atoms with Crippen molar-refractivity contribution < 1.29 is 23.0 Å². The van der Waals surface area contributed by atoms with Crippen LogP contribution in [-0.2, 0) is 13.9 Å². The fourth-order valence-corrected chi connectivity index (χ4v) is 3.51. The fourth-order valence-electron chi connectivity index (χ4n) is 2.27. The zero-order valence-electron chi connectivity index (χ0n) is 16.4. The fraction of sp³-hybridized carbons (Fsp3) is 0.190. The van der Waals surface area contributed by atoms with Crippen molar-refractivity contribution in [3.63, 3.8) is 0 Å². The van der Waals surface area contributed by atoms with Crippen molar-refractivity contribution in [1.82, 2.24) is 0 Å². The lowest BCUT2D eigenvalue weighted by atomic mass is 10.1. The zero-order chi connectivity index (χ0) is 20.8. The summed E-state index contributed by atoms with van der Waals surface area (Å²) in [5, 5.41) is 0. The van der Waals surface area contributed by atoms with Crippen LogP contribution in [0.15, 0.2) is 60.7 Å². The molecule has 0 aliphatic rings. The van der Waals surface area contributed by atoms with Gasteiger partial charge in [0.1, 0.15) is 11.5 Å². The molecule has 0 bridgehead atoms. The van der Waals surface area contributed by atoms with Crippen LogP contribution in [0.25, 0.3) is 12.2 Å². The second-order valence-corrected chi connectivity index (χ2v) is 12.3. The lowest BCUT2D eigenvalue weighted by molar-refractivity contribution is -0.110. The summed E-state index contributed by atoms with van der Waals surface area (Å²) in [6.45, 7) is 6.18. The van der Waals surface area contributed by atoms with Gasteiger partial charge in [0.15, 0.2) is 5.78 Å². The second-order valence-electron chi connectivity index (χ2n) is 6.90. The van der Waals surface area contributed by atoms with Gasteiger partial charge in [-0.1, -0.05) is 36.4 Å². The number of carbonyl (C=O) groups is 1. The average Bonchev–Trinajstić information content (AvgIpc) is 2.56. The minimum absolute atomic E-state index is 0.189. The Balaban J connectivity index is 2.04. The molecule has 0 radical (unpaired) electrons. The van der Waals surface area contributed by atoms with Gasteiger partial charge in [0, 0.05) is 26.7 Å². The van der Waals surface area contributed by atoms with Crippen molar-refractivity contribution in [1.29, 1.82) is 0 Å². The van der Waals surface area contributed by atoms with Crippen molar-refractivity contribution in [2.24, 2.45) is 0 Å². The summed E-state index contributed by atoms with van der Waals surface area (Å²) in [6, 6.07) is 14.1. The number of ketones is 1. The first-order valence-electron chi connectivity index (χ1n) is 8.60. The van der Waals surface area contributed by atoms with Crippen LogP contribution in [-0.4, -0.2) is 32.4 Å². The quantitative estimate of drug-likeness (QED) is 0.399. The van der Waals surface area contributed by atoms with E-state index in [2.05, 4.69) is 0 Å². The molecule has 0 aliphatic heterocycles. The van der Waals surface area contributed by atoms with Gasteiger partial charge in [-0.2, -0.15) is 0 Å². The normalized spacial score (nSPS) is 12.4. The number of hydrogen-bond donors (Lipinski definition) is 0. The Morgan fingerprint density at radius 3 is 1.50 bits per heavy atom. The number of allylic oxidation sites excluding steroid dienone is 2. The smallest absolute Gasteiger partial charge is 0.242 e. The molecule has 0 fully saturated rings. The van der Waals surface area contributed by atoms with E-state index < -0.39 is 14.7 Å². The maximum absolute atomic E-state index is 12.1. The van der Waals surface area contributed by atoms with Gasteiger partial charge < -0.3 is 9.05 Å². The van der Waals surface area contributed by atoms with Crippen LogP contribution in [0.4, 0.5) is 0 Å². The molecule has 0 spiro atoms. The summed E-state index contributed by atoms with van der Waals surface area (Å²) in [4.78, 5) is 12.1. The van der Waals surface area contributed by atoms with E-state index in [1.54, 1.807) is 75.2 Å². The first-order valence-corrected chi connectivity index (χ1v) is 13.6. The molecule has 0 N–H and O–H groups in total. The molecule has 0 aliphatic carbocycles. The van der Waals surface area contributed by atoms with E-state index in [4.69, 9.17) is 9.05 Å². The van der Waals surface area contributed by atoms with Crippen LogP contribution < -0.4 is 9.05 Å². The van der Waals surface area contributed by atoms with Crippen molar-refractivity contribution in [2.75, 3.05) is 26.7 Å². The highest BCUT2D eigenvalue weighted by Gasteiger charge is 2.09. The lowest BCUT2D eigenvalue weighted by Crippen LogP contribution is -1.90. The maximum atomic E-state index is 12.1. The van der Waals surface area contributed by atoms with E-state index in [0.29, 0.717) is 11.5 Å². The van der Waals surface area contributed by atoms with Crippen LogP contribution in [0.5, 0.6) is 11.5 Å². The molecule has 5 nitrogen and oxygen atoms in total. The Bertz CT molecular complexity index is 916. The Kier molecular flexibility index (Phi) is 7.23. The topological polar surface area (TPSA) is 69.7 Å². The summed E-state index contributed by atoms with van der Waals surface area (Å²) in [7, 11) is -5.28. The van der Waals surface area contributed by atoms with Crippen LogP contribution in [0.3, 0.4) is 0 Å². The van der Waals surface area contributed by atoms with Crippen molar-refractivity contribution in [3.05, 3.63) is 71.8 Å². The first-order chi connectivity index (χ1) is 13.0. The Labute approximate surface area is 166 Å². The van der Waals surface area contributed by atoms with Gasteiger partial charge in [-0.05, 0) is 47.5 Å². The SMILES string of the molecule is CP(C)(=O)Oc1cccc(/C=C/C(=O)/C=C/c2cccc(OP(C)(C)=O)c2)c1. The van der Waals surface area contributed by atoms with Crippen molar-refractivity contribution >= 4 is 32.7 Å². The maximum Gasteiger partial charge on any atom is 0.242 e. The first kappa shape index (κ1) is 21.9. The highest BCUT2D eigenvalue weighted by Crippen LogP contribution is 2.39. The predicted molar refractivity (Wildman–Crippen MR) is 116 cm³/mol. The van der Waals surface area contributed by atoms with E-state index in [1.165, 1.54) is 12.2 Å². The van der Waals surface area contributed by atoms with Gasteiger partial charge in [0.2, 0.25) is 14.7 Å². The van der Waals surface area contributed by atoms with Gasteiger partial charge in [-0.25, -0.2) is 0 Å². The summed E-state index contributed by atoms with van der Waals surface area (Å²) in [5.41, 5.74) is 1.54. The number of carbonyl (C=O) groups excluding carboxylic acids is 1. The molecule has 148 valence electrons. The number of rotatable bonds is 8. The van der Waals surface area contributed by atoms with E-state index in [9.17, 15) is 13.9 Å². The summed E-state index contributed by atoms with van der Waals surface area (Å²) < 4.78 is 34.3. The molecule has 0 unspecified atom stereocenters. The Hall–Kier alpha value is -2.35. The van der Waals surface area contributed by atoms with E-state index in [0.717, 1.165) is 11.1 Å². The van der Waals surface area contributed by atoms with Crippen LogP contribution >= 0.6 is 14.7 Å². The standard InChI is InChI=1S/C21H24O5P2/c1-27(2,23)25-20-9-5-7-17(15-20)11-13-19(22)14-12-18-8-6-10-21(16-18)26-28(3,4)24/h5-16H,1-4H3/b13-11+,14-12+. The molecular weight excluding hydrogens is 394 g/mol. The molecule has 0 saturated carbocycles. The number of benzene rings is 2. The molecule has 2 aromatic rings. The molecule has 7 heteroatoms. The van der Waals surface area contributed by atoms with E-state index >= 15 is 0 Å². The lowest BCUT2D eigenvalue weighted by Gasteiger charge is -2.10. The summed E-state index contributed by atoms with van der Waals surface area (Å²) in [5.74, 6) is 0.810. The van der Waals surface area contributed by atoms with Crippen LogP contribution in [0.2, 0.25) is 0 Å². The second kappa shape index (κ2) is 9.23. The van der Waals surface area contributed by atoms with Gasteiger partial charge in [0.05, 0.1) is 0 Å². The molecule has 2 rings (SSSR count). The minimum atomic E-state index is -2.64. The largest absolute Gasteiger partial charge is 0.443 e. The highest BCUT2D eigenvalue weighted by atomic mass is 31.2. The average molecular weight is 418 g/mol. The van der Waals surface area contributed by atoms with Gasteiger partial charge in [-0.3, -0.25) is 13.9 Å². The van der Waals surface area contributed by atoms with Crippen LogP contribution in [0.1, 0.15) is 11.1 Å². The van der Waals surface area contributed by atoms with E-state index in [-0.39, 0.29) is 5.78 Å². The molecule has 0 heterocycles. The van der Waals surface area contributed by atoms with Gasteiger partial charge in [-0.15, -0.1) is 0 Å². The third kappa shape index (κ3) is 8.56. The van der Waals surface area contributed by atoms with Crippen molar-refractivity contribution in [2.45, 2.75) is 0 Å². The molecular formula is C21H24O5P2. The zero-order valence-corrected chi connectivity index (χ0v) is 18.2. The summed E-state index contributed by atoms with van der Waals surface area (Å²) >= 11 is 0.